The number of aromatic nitrogens is 1. The van der Waals surface area contributed by atoms with Crippen LogP contribution in [-0.2, 0) is 9.59 Å². The maximum absolute atomic E-state index is 12.4. The molecule has 1 aliphatic heterocycles. The molecule has 26 heavy (non-hydrogen) atoms. The number of carbonyl (C=O) groups excluding carboxylic acids is 2. The molecule has 8 heteroatoms. The summed E-state index contributed by atoms with van der Waals surface area (Å²) < 4.78 is 10.8. The Kier molecular flexibility index (Phi) is 5.40. The largest absolute Gasteiger partial charge is 0.477 e. The van der Waals surface area contributed by atoms with Gasteiger partial charge in [0.1, 0.15) is 11.5 Å². The second-order valence-corrected chi connectivity index (χ2v) is 6.12. The van der Waals surface area contributed by atoms with Gasteiger partial charge in [-0.25, -0.2) is 0 Å². The van der Waals surface area contributed by atoms with Crippen molar-refractivity contribution < 1.29 is 18.8 Å². The van der Waals surface area contributed by atoms with E-state index in [2.05, 4.69) is 15.8 Å². The van der Waals surface area contributed by atoms with Crippen LogP contribution in [0.25, 0.3) is 0 Å². The number of hydrogen-bond acceptors (Lipinski definition) is 6. The van der Waals surface area contributed by atoms with Gasteiger partial charge < -0.3 is 24.8 Å². The van der Waals surface area contributed by atoms with E-state index < -0.39 is 6.10 Å². The van der Waals surface area contributed by atoms with E-state index in [0.717, 1.165) is 12.1 Å². The highest BCUT2D eigenvalue weighted by Gasteiger charge is 2.31. The average Bonchev–Trinajstić information content (AvgIpc) is 3.04. The third kappa shape index (κ3) is 4.14. The Hall–Kier alpha value is -3.03. The van der Waals surface area contributed by atoms with Crippen molar-refractivity contribution in [2.24, 2.45) is 0 Å². The molecule has 8 nitrogen and oxygen atoms in total. The Labute approximate surface area is 151 Å². The fourth-order valence-corrected chi connectivity index (χ4v) is 2.74. The molecule has 3 rings (SSSR count). The Morgan fingerprint density at radius 1 is 1.35 bits per heavy atom. The van der Waals surface area contributed by atoms with Gasteiger partial charge in [-0.3, -0.25) is 9.59 Å². The summed E-state index contributed by atoms with van der Waals surface area (Å²) in [6, 6.07) is 9.00. The number of ether oxygens (including phenoxy) is 1. The number of amides is 2. The third-order valence-electron chi connectivity index (χ3n) is 3.93. The quantitative estimate of drug-likeness (QED) is 0.816. The number of nitrogens with one attached hydrogen (secondary N) is 2. The second-order valence-electron chi connectivity index (χ2n) is 6.12. The highest BCUT2D eigenvalue weighted by molar-refractivity contribution is 5.94. The van der Waals surface area contributed by atoms with Crippen molar-refractivity contribution >= 4 is 23.3 Å². The molecule has 1 aromatic heterocycles. The van der Waals surface area contributed by atoms with Crippen molar-refractivity contribution in [3.05, 3.63) is 36.1 Å². The molecule has 0 radical (unpaired) electrons. The van der Waals surface area contributed by atoms with Crippen LogP contribution in [0.4, 0.5) is 11.5 Å². The van der Waals surface area contributed by atoms with Crippen LogP contribution in [-0.4, -0.2) is 42.7 Å². The minimum absolute atomic E-state index is 0.0733. The topological polar surface area (TPSA) is 96.7 Å². The molecule has 138 valence electrons. The zero-order valence-electron chi connectivity index (χ0n) is 14.8. The number of anilines is 2. The molecule has 0 saturated carbocycles. The lowest BCUT2D eigenvalue weighted by Crippen LogP contribution is -2.50. The van der Waals surface area contributed by atoms with Gasteiger partial charge in [0.25, 0.3) is 5.91 Å². The lowest BCUT2D eigenvalue weighted by atomic mass is 10.1. The van der Waals surface area contributed by atoms with Crippen LogP contribution >= 0.6 is 0 Å². The molecule has 1 unspecified atom stereocenters. The van der Waals surface area contributed by atoms with E-state index in [-0.39, 0.29) is 24.9 Å². The van der Waals surface area contributed by atoms with Gasteiger partial charge in [-0.1, -0.05) is 24.2 Å². The normalized spacial score (nSPS) is 15.8. The van der Waals surface area contributed by atoms with Crippen molar-refractivity contribution in [2.45, 2.75) is 26.4 Å². The highest BCUT2D eigenvalue weighted by atomic mass is 16.5. The van der Waals surface area contributed by atoms with E-state index in [9.17, 15) is 9.59 Å². The molecule has 1 aliphatic rings. The fourth-order valence-electron chi connectivity index (χ4n) is 2.74. The first-order valence-electron chi connectivity index (χ1n) is 8.58. The number of fused-ring (bicyclic) bond motifs is 1. The van der Waals surface area contributed by atoms with Crippen LogP contribution in [0.1, 0.15) is 19.1 Å². The Balaban J connectivity index is 1.71. The van der Waals surface area contributed by atoms with Crippen molar-refractivity contribution in [2.75, 3.05) is 29.9 Å². The van der Waals surface area contributed by atoms with Crippen LogP contribution in [0.15, 0.2) is 34.9 Å². The van der Waals surface area contributed by atoms with E-state index in [1.165, 1.54) is 0 Å². The summed E-state index contributed by atoms with van der Waals surface area (Å²) in [4.78, 5) is 26.5. The fraction of sp³-hybridized carbons (Fsp3) is 0.389. The first-order chi connectivity index (χ1) is 12.6. The molecule has 2 aromatic rings. The number of hydrogen-bond donors (Lipinski definition) is 2. The predicted molar refractivity (Wildman–Crippen MR) is 96.2 cm³/mol. The van der Waals surface area contributed by atoms with Gasteiger partial charge in [-0.2, -0.15) is 0 Å². The van der Waals surface area contributed by atoms with Crippen LogP contribution < -0.4 is 20.3 Å². The van der Waals surface area contributed by atoms with E-state index in [0.29, 0.717) is 23.9 Å². The number of benzene rings is 1. The predicted octanol–water partition coefficient (Wildman–Crippen LogP) is 1.72. The summed E-state index contributed by atoms with van der Waals surface area (Å²) >= 11 is 0. The molecule has 0 fully saturated rings. The lowest BCUT2D eigenvalue weighted by Gasteiger charge is -2.35. The van der Waals surface area contributed by atoms with E-state index in [4.69, 9.17) is 9.26 Å². The van der Waals surface area contributed by atoms with Gasteiger partial charge in [0.15, 0.2) is 11.9 Å². The van der Waals surface area contributed by atoms with Crippen LogP contribution in [0.3, 0.4) is 0 Å². The number of nitrogens with zero attached hydrogens (tertiary/aromatic N) is 2. The smallest absolute Gasteiger partial charge is 0.262 e. The Morgan fingerprint density at radius 2 is 2.15 bits per heavy atom. The van der Waals surface area contributed by atoms with E-state index >= 15 is 0 Å². The molecule has 0 spiro atoms. The average molecular weight is 358 g/mol. The van der Waals surface area contributed by atoms with Gasteiger partial charge in [0.2, 0.25) is 5.91 Å². The summed E-state index contributed by atoms with van der Waals surface area (Å²) in [7, 11) is 0. The Morgan fingerprint density at radius 3 is 2.88 bits per heavy atom. The summed E-state index contributed by atoms with van der Waals surface area (Å²) in [5, 5.41) is 9.28. The summed E-state index contributed by atoms with van der Waals surface area (Å²) in [5.74, 6) is 1.14. The lowest BCUT2D eigenvalue weighted by molar-refractivity contribution is -0.128. The van der Waals surface area contributed by atoms with E-state index in [1.807, 2.05) is 30.0 Å². The van der Waals surface area contributed by atoms with Crippen LogP contribution in [0.2, 0.25) is 0 Å². The number of carbonyl (C=O) groups is 2. The molecule has 1 atom stereocenters. The van der Waals surface area contributed by atoms with Crippen molar-refractivity contribution in [3.8, 4) is 5.75 Å². The zero-order valence-corrected chi connectivity index (χ0v) is 14.8. The molecular formula is C18H22N4O4. The minimum Gasteiger partial charge on any atom is -0.477 e. The summed E-state index contributed by atoms with van der Waals surface area (Å²) in [6.45, 7) is 4.69. The molecule has 2 N–H and O–H groups in total. The number of rotatable bonds is 6. The van der Waals surface area contributed by atoms with Crippen molar-refractivity contribution in [1.29, 1.82) is 0 Å². The minimum atomic E-state index is -0.668. The first kappa shape index (κ1) is 17.8. The van der Waals surface area contributed by atoms with Gasteiger partial charge in [-0.05, 0) is 25.5 Å². The molecule has 0 saturated heterocycles. The van der Waals surface area contributed by atoms with Crippen molar-refractivity contribution in [3.63, 3.8) is 0 Å². The Bertz CT molecular complexity index is 789. The standard InChI is InChI=1S/C18H22N4O4/c1-3-8-19-18(24)15-10-22(13-6-4-5-7-14(13)25-15)11-17(23)20-16-9-12(2)26-21-16/h4-7,9,15H,3,8,10-11H2,1-2H3,(H,19,24)(H,20,21,23). The SMILES string of the molecule is CCCNC(=O)C1CN(CC(=O)Nc2cc(C)on2)c2ccccc2O1. The van der Waals surface area contributed by atoms with Crippen LogP contribution in [0, 0.1) is 6.92 Å². The van der Waals surface area contributed by atoms with Gasteiger partial charge >= 0.3 is 0 Å². The number of aryl methyl sites for hydroxylation is 1. The molecule has 2 amide bonds. The van der Waals surface area contributed by atoms with Crippen LogP contribution in [0.5, 0.6) is 5.75 Å². The van der Waals surface area contributed by atoms with Gasteiger partial charge in [-0.15, -0.1) is 0 Å². The second kappa shape index (κ2) is 7.90. The van der Waals surface area contributed by atoms with E-state index in [1.54, 1.807) is 19.1 Å². The molecular weight excluding hydrogens is 336 g/mol. The molecule has 2 heterocycles. The summed E-state index contributed by atoms with van der Waals surface area (Å²) in [6.07, 6.45) is 0.178. The maximum Gasteiger partial charge on any atom is 0.262 e. The maximum atomic E-state index is 12.4. The molecule has 0 bridgehead atoms. The molecule has 1 aromatic carbocycles. The highest BCUT2D eigenvalue weighted by Crippen LogP contribution is 2.32. The monoisotopic (exact) mass is 358 g/mol. The van der Waals surface area contributed by atoms with Crippen molar-refractivity contribution in [1.82, 2.24) is 10.5 Å². The van der Waals surface area contributed by atoms with Gasteiger partial charge in [0.05, 0.1) is 18.8 Å². The van der Waals surface area contributed by atoms with Gasteiger partial charge in [0, 0.05) is 12.6 Å². The first-order valence-corrected chi connectivity index (χ1v) is 8.58. The third-order valence-corrected chi connectivity index (χ3v) is 3.93. The summed E-state index contributed by atoms with van der Waals surface area (Å²) in [5.41, 5.74) is 0.776. The zero-order chi connectivity index (χ0) is 18.5. The molecule has 0 aliphatic carbocycles. The number of para-hydroxylation sites is 2.